The highest BCUT2D eigenvalue weighted by Gasteiger charge is 2.24. The summed E-state index contributed by atoms with van der Waals surface area (Å²) in [4.78, 5) is 22.4. The average molecular weight is 274 g/mol. The summed E-state index contributed by atoms with van der Waals surface area (Å²) < 4.78 is 10.2. The lowest BCUT2D eigenvalue weighted by Crippen LogP contribution is -2.33. The lowest BCUT2D eigenvalue weighted by atomic mass is 10.1. The predicted molar refractivity (Wildman–Crippen MR) is 68.4 cm³/mol. The van der Waals surface area contributed by atoms with Gasteiger partial charge in [0.15, 0.2) is 0 Å². The molecule has 0 saturated heterocycles. The fraction of sp³-hybridized carbons (Fsp3) is 0.385. The van der Waals surface area contributed by atoms with E-state index < -0.39 is 0 Å². The smallest absolute Gasteiger partial charge is 0.292 e. The molecule has 20 heavy (non-hydrogen) atoms. The molecule has 1 aliphatic heterocycles. The zero-order valence-corrected chi connectivity index (χ0v) is 11.1. The molecule has 1 aliphatic rings. The summed E-state index contributed by atoms with van der Waals surface area (Å²) >= 11 is 0. The first-order valence-electron chi connectivity index (χ1n) is 6.36. The Morgan fingerprint density at radius 3 is 2.95 bits per heavy atom. The van der Waals surface area contributed by atoms with Gasteiger partial charge >= 0.3 is 0 Å². The molecule has 0 atom stereocenters. The number of aromatic nitrogens is 3. The molecule has 7 heteroatoms. The molecule has 2 aromatic heterocycles. The van der Waals surface area contributed by atoms with Crippen molar-refractivity contribution in [2.75, 3.05) is 20.2 Å². The van der Waals surface area contributed by atoms with Crippen LogP contribution >= 0.6 is 0 Å². The van der Waals surface area contributed by atoms with E-state index in [2.05, 4.69) is 15.1 Å². The molecule has 0 unspecified atom stereocenters. The molecule has 0 spiro atoms. The third-order valence-corrected chi connectivity index (χ3v) is 3.37. The van der Waals surface area contributed by atoms with Gasteiger partial charge in [0.05, 0.1) is 19.0 Å². The molecule has 1 amide bonds. The van der Waals surface area contributed by atoms with E-state index in [1.54, 1.807) is 18.1 Å². The van der Waals surface area contributed by atoms with Crippen LogP contribution in [-0.2, 0) is 12.8 Å². The molecular formula is C13H14N4O3. The van der Waals surface area contributed by atoms with Gasteiger partial charge in [-0.05, 0) is 6.42 Å². The molecule has 3 rings (SSSR count). The first-order chi connectivity index (χ1) is 9.79. The number of nitrogens with zero attached hydrogens (tertiary/aromatic N) is 4. The Hall–Kier alpha value is -2.44. The van der Waals surface area contributed by atoms with Crippen molar-refractivity contribution in [2.24, 2.45) is 0 Å². The molecule has 7 nitrogen and oxygen atoms in total. The van der Waals surface area contributed by atoms with E-state index in [0.717, 1.165) is 11.3 Å². The van der Waals surface area contributed by atoms with Crippen LogP contribution in [0.25, 0.3) is 0 Å². The van der Waals surface area contributed by atoms with Crippen LogP contribution in [0, 0.1) is 0 Å². The van der Waals surface area contributed by atoms with Crippen LogP contribution in [0.1, 0.15) is 21.8 Å². The van der Waals surface area contributed by atoms with Crippen LogP contribution < -0.4 is 4.74 Å². The van der Waals surface area contributed by atoms with Crippen molar-refractivity contribution in [1.29, 1.82) is 0 Å². The number of hydrogen-bond donors (Lipinski definition) is 0. The summed E-state index contributed by atoms with van der Waals surface area (Å²) in [5.41, 5.74) is 1.91. The SMILES string of the molecule is COc1ncnc2c1CCN(C(=O)c1ccno1)CC2. The third-order valence-electron chi connectivity index (χ3n) is 3.37. The maximum Gasteiger partial charge on any atom is 0.292 e. The summed E-state index contributed by atoms with van der Waals surface area (Å²) in [6.07, 6.45) is 4.30. The lowest BCUT2D eigenvalue weighted by molar-refractivity contribution is 0.0721. The van der Waals surface area contributed by atoms with E-state index >= 15 is 0 Å². The molecule has 2 aromatic rings. The summed E-state index contributed by atoms with van der Waals surface area (Å²) in [6.45, 7) is 1.17. The second-order valence-electron chi connectivity index (χ2n) is 4.48. The van der Waals surface area contributed by atoms with Gasteiger partial charge in [0.2, 0.25) is 11.6 Å². The topological polar surface area (TPSA) is 81.4 Å². The van der Waals surface area contributed by atoms with Crippen molar-refractivity contribution in [2.45, 2.75) is 12.8 Å². The molecule has 104 valence electrons. The molecular weight excluding hydrogens is 260 g/mol. The van der Waals surface area contributed by atoms with E-state index in [4.69, 9.17) is 9.26 Å². The van der Waals surface area contributed by atoms with Crippen LogP contribution in [0.3, 0.4) is 0 Å². The molecule has 0 saturated carbocycles. The Bertz CT molecular complexity index is 612. The fourth-order valence-corrected chi connectivity index (χ4v) is 2.36. The molecule has 3 heterocycles. The van der Waals surface area contributed by atoms with Crippen LogP contribution in [0.2, 0.25) is 0 Å². The monoisotopic (exact) mass is 274 g/mol. The predicted octanol–water partition coefficient (Wildman–Crippen LogP) is 0.714. The lowest BCUT2D eigenvalue weighted by Gasteiger charge is -2.18. The van der Waals surface area contributed by atoms with Gasteiger partial charge < -0.3 is 14.2 Å². The Morgan fingerprint density at radius 1 is 1.35 bits per heavy atom. The number of carbonyl (C=O) groups excluding carboxylic acids is 1. The van der Waals surface area contributed by atoms with Gasteiger partial charge in [-0.3, -0.25) is 4.79 Å². The van der Waals surface area contributed by atoms with Gasteiger partial charge in [-0.1, -0.05) is 5.16 Å². The Balaban J connectivity index is 1.81. The number of fused-ring (bicyclic) bond motifs is 1. The Labute approximate surface area is 115 Å². The molecule has 0 bridgehead atoms. The number of methoxy groups -OCH3 is 1. The molecule has 0 fully saturated rings. The standard InChI is InChI=1S/C13H14N4O3/c1-19-12-9-3-6-17(7-4-10(9)14-8-15-12)13(18)11-2-5-16-20-11/h2,5,8H,3-4,6-7H2,1H3. The quantitative estimate of drug-likeness (QED) is 0.802. The maximum absolute atomic E-state index is 12.2. The van der Waals surface area contributed by atoms with Gasteiger partial charge in [0.1, 0.15) is 6.33 Å². The first-order valence-corrected chi connectivity index (χ1v) is 6.36. The minimum absolute atomic E-state index is 0.151. The Kier molecular flexibility index (Phi) is 3.32. The third kappa shape index (κ3) is 2.22. The first kappa shape index (κ1) is 12.6. The normalized spacial score (nSPS) is 14.6. The highest BCUT2D eigenvalue weighted by molar-refractivity contribution is 5.91. The zero-order valence-electron chi connectivity index (χ0n) is 11.1. The Morgan fingerprint density at radius 2 is 2.20 bits per heavy atom. The second-order valence-corrected chi connectivity index (χ2v) is 4.48. The van der Waals surface area contributed by atoms with E-state index in [9.17, 15) is 4.79 Å². The minimum Gasteiger partial charge on any atom is -0.481 e. The number of rotatable bonds is 2. The van der Waals surface area contributed by atoms with Gasteiger partial charge in [-0.25, -0.2) is 9.97 Å². The highest BCUT2D eigenvalue weighted by atomic mass is 16.5. The van der Waals surface area contributed by atoms with Crippen molar-refractivity contribution in [1.82, 2.24) is 20.0 Å². The van der Waals surface area contributed by atoms with Crippen molar-refractivity contribution < 1.29 is 14.1 Å². The number of hydrogen-bond acceptors (Lipinski definition) is 6. The fourth-order valence-electron chi connectivity index (χ4n) is 2.36. The van der Waals surface area contributed by atoms with E-state index in [-0.39, 0.29) is 11.7 Å². The zero-order chi connectivity index (χ0) is 13.9. The second kappa shape index (κ2) is 5.28. The van der Waals surface area contributed by atoms with Gasteiger partial charge in [-0.15, -0.1) is 0 Å². The molecule has 0 aliphatic carbocycles. The van der Waals surface area contributed by atoms with Gasteiger partial charge in [0.25, 0.3) is 5.91 Å². The number of amides is 1. The summed E-state index contributed by atoms with van der Waals surface area (Å²) in [5, 5.41) is 3.56. The highest BCUT2D eigenvalue weighted by Crippen LogP contribution is 2.22. The van der Waals surface area contributed by atoms with Crippen molar-refractivity contribution >= 4 is 5.91 Å². The van der Waals surface area contributed by atoms with E-state index in [1.807, 2.05) is 0 Å². The van der Waals surface area contributed by atoms with Crippen molar-refractivity contribution in [3.63, 3.8) is 0 Å². The van der Waals surface area contributed by atoms with Crippen LogP contribution in [0.15, 0.2) is 23.1 Å². The van der Waals surface area contributed by atoms with Gasteiger partial charge in [0, 0.05) is 31.1 Å². The van der Waals surface area contributed by atoms with Gasteiger partial charge in [-0.2, -0.15) is 0 Å². The summed E-state index contributed by atoms with van der Waals surface area (Å²) in [5.74, 6) is 0.695. The minimum atomic E-state index is -0.151. The average Bonchev–Trinajstić information content (AvgIpc) is 2.92. The van der Waals surface area contributed by atoms with Crippen LogP contribution in [0.5, 0.6) is 5.88 Å². The maximum atomic E-state index is 12.2. The van der Waals surface area contributed by atoms with Crippen LogP contribution in [0.4, 0.5) is 0 Å². The molecule has 0 N–H and O–H groups in total. The van der Waals surface area contributed by atoms with E-state index in [0.29, 0.717) is 31.8 Å². The van der Waals surface area contributed by atoms with Crippen molar-refractivity contribution in [3.8, 4) is 5.88 Å². The van der Waals surface area contributed by atoms with Crippen molar-refractivity contribution in [3.05, 3.63) is 35.6 Å². The number of ether oxygens (including phenoxy) is 1. The largest absolute Gasteiger partial charge is 0.481 e. The summed E-state index contributed by atoms with van der Waals surface area (Å²) in [6, 6.07) is 1.57. The van der Waals surface area contributed by atoms with E-state index in [1.165, 1.54) is 12.5 Å². The number of carbonyl (C=O) groups is 1. The molecule has 0 radical (unpaired) electrons. The molecule has 0 aromatic carbocycles. The van der Waals surface area contributed by atoms with Crippen LogP contribution in [-0.4, -0.2) is 46.1 Å². The summed E-state index contributed by atoms with van der Waals surface area (Å²) in [7, 11) is 1.59.